The summed E-state index contributed by atoms with van der Waals surface area (Å²) in [5.74, 6) is 0.881. The smallest absolute Gasteiger partial charge is 0.276 e. The topological polar surface area (TPSA) is 76.2 Å². The highest BCUT2D eigenvalue weighted by molar-refractivity contribution is 5.50. The minimum Gasteiger partial charge on any atom is -0.457 e. The normalized spacial score (nSPS) is 9.68. The summed E-state index contributed by atoms with van der Waals surface area (Å²) < 4.78 is 5.59. The van der Waals surface area contributed by atoms with Crippen LogP contribution in [0.5, 0.6) is 11.5 Å². The number of rotatable bonds is 3. The maximum absolute atomic E-state index is 10.8. The Morgan fingerprint density at radius 3 is 2.68 bits per heavy atom. The average Bonchev–Trinajstić information content (AvgIpc) is 2.41. The Balaban J connectivity index is 2.36. The number of hydrogen-bond acceptors (Lipinski definition) is 4. The van der Waals surface area contributed by atoms with Crippen molar-refractivity contribution in [1.29, 1.82) is 5.26 Å². The summed E-state index contributed by atoms with van der Waals surface area (Å²) in [7, 11) is 0. The Morgan fingerprint density at radius 2 is 2.00 bits per heavy atom. The van der Waals surface area contributed by atoms with Crippen LogP contribution in [0.4, 0.5) is 5.69 Å². The summed E-state index contributed by atoms with van der Waals surface area (Å²) in [6.45, 7) is 1.63. The molecule has 0 radical (unpaired) electrons. The summed E-state index contributed by atoms with van der Waals surface area (Å²) in [4.78, 5) is 10.4. The van der Waals surface area contributed by atoms with Crippen molar-refractivity contribution in [1.82, 2.24) is 0 Å². The van der Waals surface area contributed by atoms with E-state index in [4.69, 9.17) is 10.00 Å². The molecule has 0 heterocycles. The molecule has 0 fully saturated rings. The van der Waals surface area contributed by atoms with Crippen LogP contribution in [0, 0.1) is 28.4 Å². The van der Waals surface area contributed by atoms with Crippen LogP contribution in [-0.2, 0) is 0 Å². The number of hydrogen-bond donors (Lipinski definition) is 0. The molecule has 0 spiro atoms. The van der Waals surface area contributed by atoms with Crippen molar-refractivity contribution in [2.24, 2.45) is 0 Å². The Bertz CT molecular complexity index is 675. The molecule has 0 aromatic heterocycles. The first-order chi connectivity index (χ1) is 9.11. The van der Waals surface area contributed by atoms with E-state index in [1.54, 1.807) is 43.3 Å². The standard InChI is InChI=1S/C14H10N2O3/c1-10-13(16(17)18)6-3-7-14(10)19-12-5-2-4-11(8-12)9-15/h2-8H,1H3. The lowest BCUT2D eigenvalue weighted by atomic mass is 10.2. The molecule has 0 amide bonds. The van der Waals surface area contributed by atoms with Gasteiger partial charge in [-0.1, -0.05) is 12.1 Å². The summed E-state index contributed by atoms with van der Waals surface area (Å²) in [6, 6.07) is 13.3. The summed E-state index contributed by atoms with van der Waals surface area (Å²) in [5, 5.41) is 19.6. The van der Waals surface area contributed by atoms with E-state index in [1.165, 1.54) is 6.07 Å². The van der Waals surface area contributed by atoms with Gasteiger partial charge in [-0.3, -0.25) is 10.1 Å². The summed E-state index contributed by atoms with van der Waals surface area (Å²) in [6.07, 6.45) is 0. The SMILES string of the molecule is Cc1c(Oc2cccc(C#N)c2)cccc1[N+](=O)[O-]. The van der Waals surface area contributed by atoms with Gasteiger partial charge in [0, 0.05) is 6.07 Å². The minimum atomic E-state index is -0.451. The van der Waals surface area contributed by atoms with Gasteiger partial charge in [-0.2, -0.15) is 5.26 Å². The predicted octanol–water partition coefficient (Wildman–Crippen LogP) is 3.57. The number of benzene rings is 2. The molecule has 0 saturated carbocycles. The third kappa shape index (κ3) is 2.69. The van der Waals surface area contributed by atoms with E-state index in [1.807, 2.05) is 6.07 Å². The Hall–Kier alpha value is -2.87. The number of ether oxygens (including phenoxy) is 1. The van der Waals surface area contributed by atoms with Gasteiger partial charge in [0.15, 0.2) is 0 Å². The number of nitriles is 1. The fourth-order valence-electron chi connectivity index (χ4n) is 1.67. The van der Waals surface area contributed by atoms with Crippen molar-refractivity contribution in [3.05, 3.63) is 63.7 Å². The highest BCUT2D eigenvalue weighted by atomic mass is 16.6. The van der Waals surface area contributed by atoms with Gasteiger partial charge < -0.3 is 4.74 Å². The van der Waals surface area contributed by atoms with Crippen LogP contribution >= 0.6 is 0 Å². The minimum absolute atomic E-state index is 0.00828. The van der Waals surface area contributed by atoms with Crippen molar-refractivity contribution in [3.8, 4) is 17.6 Å². The zero-order chi connectivity index (χ0) is 13.8. The Kier molecular flexibility index (Phi) is 3.44. The van der Waals surface area contributed by atoms with E-state index in [2.05, 4.69) is 0 Å². The molecular formula is C14H10N2O3. The fraction of sp³-hybridized carbons (Fsp3) is 0.0714. The zero-order valence-corrected chi connectivity index (χ0v) is 10.2. The van der Waals surface area contributed by atoms with Crippen LogP contribution in [0.3, 0.4) is 0 Å². The monoisotopic (exact) mass is 254 g/mol. The molecule has 0 aliphatic rings. The van der Waals surface area contributed by atoms with Crippen LogP contribution in [0.25, 0.3) is 0 Å². The first-order valence-electron chi connectivity index (χ1n) is 5.54. The molecule has 0 saturated heterocycles. The first kappa shape index (κ1) is 12.6. The van der Waals surface area contributed by atoms with Gasteiger partial charge in [0.1, 0.15) is 11.5 Å². The number of nitro groups is 1. The molecular weight excluding hydrogens is 244 g/mol. The molecule has 2 aromatic rings. The van der Waals surface area contributed by atoms with Gasteiger partial charge >= 0.3 is 0 Å². The van der Waals surface area contributed by atoms with Gasteiger partial charge in [-0.25, -0.2) is 0 Å². The maximum Gasteiger partial charge on any atom is 0.276 e. The van der Waals surface area contributed by atoms with Crippen molar-refractivity contribution in [2.75, 3.05) is 0 Å². The number of nitrogens with zero attached hydrogens (tertiary/aromatic N) is 2. The molecule has 0 aliphatic heterocycles. The summed E-state index contributed by atoms with van der Waals surface area (Å²) in [5.41, 5.74) is 0.935. The van der Waals surface area contributed by atoms with Crippen LogP contribution in [0.2, 0.25) is 0 Å². The van der Waals surface area contributed by atoms with Crippen molar-refractivity contribution in [2.45, 2.75) is 6.92 Å². The van der Waals surface area contributed by atoms with Crippen molar-refractivity contribution < 1.29 is 9.66 Å². The van der Waals surface area contributed by atoms with Crippen molar-refractivity contribution in [3.63, 3.8) is 0 Å². The fourth-order valence-corrected chi connectivity index (χ4v) is 1.67. The van der Waals surface area contributed by atoms with E-state index in [0.29, 0.717) is 22.6 Å². The largest absolute Gasteiger partial charge is 0.457 e. The second kappa shape index (κ2) is 5.19. The van der Waals surface area contributed by atoms with Gasteiger partial charge in [0.2, 0.25) is 0 Å². The molecule has 0 N–H and O–H groups in total. The molecule has 94 valence electrons. The molecule has 19 heavy (non-hydrogen) atoms. The Morgan fingerprint density at radius 1 is 1.26 bits per heavy atom. The van der Waals surface area contributed by atoms with Gasteiger partial charge in [-0.15, -0.1) is 0 Å². The molecule has 0 bridgehead atoms. The van der Waals surface area contributed by atoms with Crippen LogP contribution in [-0.4, -0.2) is 4.92 Å². The van der Waals surface area contributed by atoms with E-state index in [9.17, 15) is 10.1 Å². The summed E-state index contributed by atoms with van der Waals surface area (Å²) >= 11 is 0. The second-order valence-corrected chi connectivity index (χ2v) is 3.90. The lowest BCUT2D eigenvalue weighted by molar-refractivity contribution is -0.385. The predicted molar refractivity (Wildman–Crippen MR) is 69.1 cm³/mol. The van der Waals surface area contributed by atoms with E-state index >= 15 is 0 Å². The third-order valence-corrected chi connectivity index (χ3v) is 2.64. The quantitative estimate of drug-likeness (QED) is 0.619. The van der Waals surface area contributed by atoms with Crippen LogP contribution < -0.4 is 4.74 Å². The van der Waals surface area contributed by atoms with E-state index in [-0.39, 0.29) is 5.69 Å². The molecule has 0 aliphatic carbocycles. The maximum atomic E-state index is 10.8. The highest BCUT2D eigenvalue weighted by Crippen LogP contribution is 2.31. The van der Waals surface area contributed by atoms with E-state index < -0.39 is 4.92 Å². The molecule has 5 nitrogen and oxygen atoms in total. The lowest BCUT2D eigenvalue weighted by Gasteiger charge is -2.08. The molecule has 2 aromatic carbocycles. The highest BCUT2D eigenvalue weighted by Gasteiger charge is 2.14. The van der Waals surface area contributed by atoms with Crippen LogP contribution in [0.15, 0.2) is 42.5 Å². The molecule has 5 heteroatoms. The van der Waals surface area contributed by atoms with Gasteiger partial charge in [0.25, 0.3) is 5.69 Å². The molecule has 0 unspecified atom stereocenters. The van der Waals surface area contributed by atoms with Crippen LogP contribution in [0.1, 0.15) is 11.1 Å². The second-order valence-electron chi connectivity index (χ2n) is 3.90. The molecule has 2 rings (SSSR count). The van der Waals surface area contributed by atoms with Crippen molar-refractivity contribution >= 4 is 5.69 Å². The van der Waals surface area contributed by atoms with Gasteiger partial charge in [-0.05, 0) is 31.2 Å². The lowest BCUT2D eigenvalue weighted by Crippen LogP contribution is -1.94. The third-order valence-electron chi connectivity index (χ3n) is 2.64. The Labute approximate surface area is 109 Å². The average molecular weight is 254 g/mol. The van der Waals surface area contributed by atoms with E-state index in [0.717, 1.165) is 0 Å². The van der Waals surface area contributed by atoms with Gasteiger partial charge in [0.05, 0.1) is 22.1 Å². The number of nitro benzene ring substituents is 1. The first-order valence-corrected chi connectivity index (χ1v) is 5.54. The molecule has 0 atom stereocenters. The zero-order valence-electron chi connectivity index (χ0n) is 10.2.